The summed E-state index contributed by atoms with van der Waals surface area (Å²) < 4.78 is 9.14. The van der Waals surface area contributed by atoms with Crippen molar-refractivity contribution in [3.05, 3.63) is 47.9 Å². The Morgan fingerprint density at radius 3 is 2.69 bits per heavy atom. The van der Waals surface area contributed by atoms with Gasteiger partial charge in [-0.25, -0.2) is 0 Å². The number of carbonyl (C=O) groups is 1. The maximum Gasteiger partial charge on any atom is 0.325 e. The molecule has 0 spiro atoms. The quantitative estimate of drug-likeness (QED) is 0.347. The number of anilines is 1. The first-order chi connectivity index (χ1) is 16.9. The lowest BCUT2D eigenvalue weighted by atomic mass is 9.84. The number of aromatic nitrogens is 3. The molecular weight excluding hydrogens is 444 g/mol. The second kappa shape index (κ2) is 8.52. The van der Waals surface area contributed by atoms with Crippen molar-refractivity contribution in [1.29, 1.82) is 0 Å². The molecule has 184 valence electrons. The summed E-state index contributed by atoms with van der Waals surface area (Å²) in [4.78, 5) is 13.2. The summed E-state index contributed by atoms with van der Waals surface area (Å²) in [6, 6.07) is 9.36. The van der Waals surface area contributed by atoms with Gasteiger partial charge >= 0.3 is 11.6 Å². The molecule has 2 heterocycles. The van der Waals surface area contributed by atoms with E-state index in [1.165, 1.54) is 12.8 Å². The highest BCUT2D eigenvalue weighted by molar-refractivity contribution is 6.04. The van der Waals surface area contributed by atoms with E-state index in [0.29, 0.717) is 29.9 Å². The van der Waals surface area contributed by atoms with Crippen molar-refractivity contribution in [2.45, 2.75) is 75.9 Å². The number of benzene rings is 1. The molecule has 35 heavy (non-hydrogen) atoms. The number of carbonyl (C=O) groups excluding carboxylic acids is 1. The minimum Gasteiger partial charge on any atom is -0.491 e. The summed E-state index contributed by atoms with van der Waals surface area (Å²) in [6.45, 7) is 2.52. The van der Waals surface area contributed by atoms with Crippen LogP contribution in [0.3, 0.4) is 0 Å². The van der Waals surface area contributed by atoms with E-state index in [4.69, 9.17) is 9.84 Å². The second-order valence-corrected chi connectivity index (χ2v) is 10.9. The smallest absolute Gasteiger partial charge is 0.325 e. The van der Waals surface area contributed by atoms with Crippen LogP contribution in [0.4, 0.5) is 5.69 Å². The molecule has 3 aliphatic carbocycles. The average Bonchev–Trinajstić information content (AvgIpc) is 3.75. The van der Waals surface area contributed by atoms with Gasteiger partial charge in [-0.3, -0.25) is 14.7 Å². The van der Waals surface area contributed by atoms with Crippen molar-refractivity contribution in [3.8, 4) is 5.75 Å². The average molecular weight is 478 g/mol. The highest BCUT2D eigenvalue weighted by Gasteiger charge is 2.36. The number of hydrogen-bond donors (Lipinski definition) is 3. The topological polar surface area (TPSA) is 100 Å². The van der Waals surface area contributed by atoms with Gasteiger partial charge in [0.25, 0.3) is 0 Å². The van der Waals surface area contributed by atoms with Crippen LogP contribution in [-0.2, 0) is 0 Å². The fourth-order valence-corrected chi connectivity index (χ4v) is 5.02. The Morgan fingerprint density at radius 1 is 1.20 bits per heavy atom. The van der Waals surface area contributed by atoms with Gasteiger partial charge in [0.15, 0.2) is 0 Å². The highest BCUT2D eigenvalue weighted by atomic mass is 16.5. The Kier molecular flexibility index (Phi) is 5.44. The molecule has 0 saturated heterocycles. The van der Waals surface area contributed by atoms with Crippen LogP contribution >= 0.6 is 0 Å². The van der Waals surface area contributed by atoms with Gasteiger partial charge in [-0.2, -0.15) is 5.10 Å². The van der Waals surface area contributed by atoms with Crippen LogP contribution in [0.1, 0.15) is 86.4 Å². The fourth-order valence-electron chi connectivity index (χ4n) is 5.02. The molecule has 0 unspecified atom stereocenters. The molecule has 3 saturated carbocycles. The van der Waals surface area contributed by atoms with E-state index in [2.05, 4.69) is 5.32 Å². The van der Waals surface area contributed by atoms with E-state index in [0.717, 1.165) is 59.9 Å². The van der Waals surface area contributed by atoms with Crippen molar-refractivity contribution < 1.29 is 24.6 Å². The van der Waals surface area contributed by atoms with Crippen molar-refractivity contribution >= 4 is 22.5 Å². The van der Waals surface area contributed by atoms with Crippen molar-refractivity contribution in [2.24, 2.45) is 5.92 Å². The van der Waals surface area contributed by atoms with E-state index in [1.54, 1.807) is 6.07 Å². The second-order valence-electron chi connectivity index (χ2n) is 10.9. The van der Waals surface area contributed by atoms with Crippen LogP contribution in [0.5, 0.6) is 5.75 Å². The standard InChI is InChI=1S/C27H32N4O4/c1-27(33)11-9-20(10-12-27)30-15-19-13-22(25(14-21(19)29-30)35-16-17-5-6-17)28-26(32)24-4-2-3-23(31(24)34)18-7-8-18/h2-4,13-15,17-18,20,33H,5-12,16H2,1H3,(H-,28,32,34)/p+1/t20-,27-. The SMILES string of the molecule is C[C@]1(O)CC[C@H](n2cc3cc(NC(=O)c4cccc(C5CC5)[n+]4O)c(OCC4CC4)cc3n2)CC1. The summed E-state index contributed by atoms with van der Waals surface area (Å²) in [7, 11) is 0. The van der Waals surface area contributed by atoms with Crippen LogP contribution in [0.15, 0.2) is 36.5 Å². The third kappa shape index (κ3) is 4.72. The minimum absolute atomic E-state index is 0.201. The lowest BCUT2D eigenvalue weighted by molar-refractivity contribution is -0.910. The highest BCUT2D eigenvalue weighted by Crippen LogP contribution is 2.39. The van der Waals surface area contributed by atoms with E-state index >= 15 is 0 Å². The van der Waals surface area contributed by atoms with Gasteiger partial charge in [-0.05, 0) is 76.3 Å². The molecule has 3 N–H and O–H groups in total. The first-order valence-corrected chi connectivity index (χ1v) is 12.8. The maximum atomic E-state index is 13.2. The van der Waals surface area contributed by atoms with Crippen molar-refractivity contribution in [2.75, 3.05) is 11.9 Å². The first kappa shape index (κ1) is 22.3. The van der Waals surface area contributed by atoms with Crippen molar-refractivity contribution in [3.63, 3.8) is 0 Å². The molecule has 1 aromatic carbocycles. The molecule has 0 bridgehead atoms. The zero-order valence-electron chi connectivity index (χ0n) is 20.1. The number of nitrogens with zero attached hydrogens (tertiary/aromatic N) is 3. The van der Waals surface area contributed by atoms with Crippen LogP contribution in [0, 0.1) is 5.92 Å². The number of ether oxygens (including phenoxy) is 1. The lowest BCUT2D eigenvalue weighted by Gasteiger charge is -2.33. The van der Waals surface area contributed by atoms with Crippen LogP contribution < -0.4 is 14.8 Å². The molecule has 6 rings (SSSR count). The summed E-state index contributed by atoms with van der Waals surface area (Å²) in [5, 5.41) is 29.7. The molecule has 8 heteroatoms. The number of amides is 1. The van der Waals surface area contributed by atoms with Gasteiger partial charge in [-0.1, -0.05) is 0 Å². The summed E-state index contributed by atoms with van der Waals surface area (Å²) in [6.07, 6.45) is 9.68. The number of aliphatic hydroxyl groups is 1. The molecule has 2 aromatic heterocycles. The number of hydrogen-bond acceptors (Lipinski definition) is 5. The lowest BCUT2D eigenvalue weighted by Crippen LogP contribution is -2.43. The van der Waals surface area contributed by atoms with E-state index in [-0.39, 0.29) is 17.6 Å². The summed E-state index contributed by atoms with van der Waals surface area (Å²) in [5.74, 6) is 1.09. The Bertz CT molecular complexity index is 1270. The normalized spacial score (nSPS) is 24.5. The number of rotatable bonds is 7. The van der Waals surface area contributed by atoms with Gasteiger partial charge in [0.05, 0.1) is 29.5 Å². The maximum absolute atomic E-state index is 13.2. The molecule has 3 fully saturated rings. The van der Waals surface area contributed by atoms with Gasteiger partial charge in [0.2, 0.25) is 5.69 Å². The van der Waals surface area contributed by atoms with E-state index < -0.39 is 5.60 Å². The molecule has 0 aliphatic heterocycles. The molecule has 0 atom stereocenters. The van der Waals surface area contributed by atoms with Crippen LogP contribution in [-0.4, -0.2) is 38.2 Å². The Balaban J connectivity index is 1.29. The van der Waals surface area contributed by atoms with E-state index in [1.807, 2.05) is 42.1 Å². The van der Waals surface area contributed by atoms with Gasteiger partial charge in [0.1, 0.15) is 5.75 Å². The Hall–Kier alpha value is -3.13. The molecule has 0 radical (unpaired) electrons. The number of fused-ring (bicyclic) bond motifs is 1. The predicted octanol–water partition coefficient (Wildman–Crippen LogP) is 4.35. The van der Waals surface area contributed by atoms with Crippen LogP contribution in [0.25, 0.3) is 10.9 Å². The zero-order valence-corrected chi connectivity index (χ0v) is 20.1. The first-order valence-electron chi connectivity index (χ1n) is 12.8. The van der Waals surface area contributed by atoms with Crippen LogP contribution in [0.2, 0.25) is 0 Å². The molecule has 3 aliphatic rings. The summed E-state index contributed by atoms with van der Waals surface area (Å²) in [5.41, 5.74) is 1.77. The minimum atomic E-state index is -0.593. The number of nitrogens with one attached hydrogen (secondary N) is 1. The molecule has 8 nitrogen and oxygen atoms in total. The predicted molar refractivity (Wildman–Crippen MR) is 130 cm³/mol. The Labute approximate surface area is 204 Å². The molecule has 3 aromatic rings. The molecular formula is C27H33N4O4+. The van der Waals surface area contributed by atoms with Gasteiger partial charge in [0, 0.05) is 40.4 Å². The van der Waals surface area contributed by atoms with Crippen molar-refractivity contribution in [1.82, 2.24) is 9.78 Å². The molecule has 1 amide bonds. The zero-order chi connectivity index (χ0) is 24.2. The van der Waals surface area contributed by atoms with E-state index in [9.17, 15) is 15.1 Å². The monoisotopic (exact) mass is 477 g/mol. The third-order valence-electron chi connectivity index (χ3n) is 7.67. The third-order valence-corrected chi connectivity index (χ3v) is 7.67. The largest absolute Gasteiger partial charge is 0.491 e. The number of pyridine rings is 1. The summed E-state index contributed by atoms with van der Waals surface area (Å²) >= 11 is 0. The van der Waals surface area contributed by atoms with Gasteiger partial charge in [-0.15, -0.1) is 0 Å². The van der Waals surface area contributed by atoms with Gasteiger partial charge < -0.3 is 15.2 Å². The fraction of sp³-hybridized carbons (Fsp3) is 0.519. The Morgan fingerprint density at radius 2 is 1.97 bits per heavy atom.